The molecule has 4 heterocycles. The van der Waals surface area contributed by atoms with Crippen molar-refractivity contribution in [3.63, 3.8) is 0 Å². The Morgan fingerprint density at radius 2 is 1.49 bits per heavy atom. The van der Waals surface area contributed by atoms with E-state index in [1.165, 1.54) is 0 Å². The van der Waals surface area contributed by atoms with E-state index in [9.17, 15) is 4.79 Å². The average Bonchev–Trinajstić information content (AvgIpc) is 3.29. The number of hydrogen-bond donors (Lipinski definition) is 0. The quantitative estimate of drug-likeness (QED) is 0.609. The summed E-state index contributed by atoms with van der Waals surface area (Å²) in [6, 6.07) is 9.47. The van der Waals surface area contributed by atoms with Crippen LogP contribution < -0.4 is 0 Å². The SMILES string of the molecule is O=C(c1ccccc1)N1C[C@@H](CN2CCCOCC2)OC2(COC[C@@H](CN3CCCOCC3)O2)C1. The Hall–Kier alpha value is -1.59. The highest BCUT2D eigenvalue weighted by Gasteiger charge is 2.48. The Morgan fingerprint density at radius 3 is 2.20 bits per heavy atom. The molecular weight excluding hydrogens is 450 g/mol. The molecule has 0 N–H and O–H groups in total. The van der Waals surface area contributed by atoms with E-state index in [0.717, 1.165) is 78.5 Å². The second-order valence-corrected chi connectivity index (χ2v) is 9.99. The number of ether oxygens (including phenoxy) is 5. The van der Waals surface area contributed by atoms with E-state index in [-0.39, 0.29) is 18.1 Å². The van der Waals surface area contributed by atoms with E-state index in [4.69, 9.17) is 23.7 Å². The van der Waals surface area contributed by atoms with Crippen molar-refractivity contribution in [3.8, 4) is 0 Å². The first kappa shape index (κ1) is 25.1. The van der Waals surface area contributed by atoms with Crippen molar-refractivity contribution in [1.29, 1.82) is 0 Å². The predicted molar refractivity (Wildman–Crippen MR) is 129 cm³/mol. The highest BCUT2D eigenvalue weighted by Crippen LogP contribution is 2.30. The molecule has 0 aliphatic carbocycles. The first-order chi connectivity index (χ1) is 17.2. The van der Waals surface area contributed by atoms with Crippen LogP contribution in [0.1, 0.15) is 23.2 Å². The molecule has 1 aromatic rings. The molecule has 35 heavy (non-hydrogen) atoms. The lowest BCUT2D eigenvalue weighted by Gasteiger charge is -2.50. The van der Waals surface area contributed by atoms with Gasteiger partial charge in [-0.2, -0.15) is 0 Å². The van der Waals surface area contributed by atoms with Crippen molar-refractivity contribution in [2.75, 3.05) is 92.0 Å². The van der Waals surface area contributed by atoms with Crippen LogP contribution in [0.3, 0.4) is 0 Å². The molecule has 5 rings (SSSR count). The lowest BCUT2D eigenvalue weighted by atomic mass is 10.1. The van der Waals surface area contributed by atoms with Gasteiger partial charge in [0.2, 0.25) is 5.79 Å². The molecule has 0 aromatic heterocycles. The highest BCUT2D eigenvalue weighted by molar-refractivity contribution is 5.94. The van der Waals surface area contributed by atoms with Gasteiger partial charge < -0.3 is 28.6 Å². The summed E-state index contributed by atoms with van der Waals surface area (Å²) in [4.78, 5) is 20.1. The van der Waals surface area contributed by atoms with Crippen LogP contribution in [0.5, 0.6) is 0 Å². The molecule has 0 saturated carbocycles. The topological polar surface area (TPSA) is 72.9 Å². The minimum atomic E-state index is -0.957. The van der Waals surface area contributed by atoms with Gasteiger partial charge in [0, 0.05) is 64.6 Å². The zero-order valence-electron chi connectivity index (χ0n) is 20.6. The van der Waals surface area contributed by atoms with Gasteiger partial charge in [0.1, 0.15) is 6.61 Å². The number of hydrogen-bond acceptors (Lipinski definition) is 8. The minimum Gasteiger partial charge on any atom is -0.380 e. The van der Waals surface area contributed by atoms with E-state index in [1.807, 2.05) is 35.2 Å². The maximum atomic E-state index is 13.5. The number of nitrogens with zero attached hydrogens (tertiary/aromatic N) is 3. The van der Waals surface area contributed by atoms with E-state index in [0.29, 0.717) is 31.9 Å². The van der Waals surface area contributed by atoms with Crippen molar-refractivity contribution < 1.29 is 28.5 Å². The lowest BCUT2D eigenvalue weighted by Crippen LogP contribution is -2.65. The number of rotatable bonds is 5. The van der Waals surface area contributed by atoms with Crippen LogP contribution in [-0.4, -0.2) is 131 Å². The summed E-state index contributed by atoms with van der Waals surface area (Å²) in [7, 11) is 0. The summed E-state index contributed by atoms with van der Waals surface area (Å²) in [5.74, 6) is -0.950. The smallest absolute Gasteiger partial charge is 0.254 e. The normalized spacial score (nSPS) is 31.7. The Kier molecular flexibility index (Phi) is 8.67. The Morgan fingerprint density at radius 1 is 0.829 bits per heavy atom. The molecule has 4 aliphatic heterocycles. The molecule has 4 aliphatic rings. The number of carbonyl (C=O) groups excluding carboxylic acids is 1. The Bertz CT molecular complexity index is 794. The van der Waals surface area contributed by atoms with E-state index in [2.05, 4.69) is 9.80 Å². The monoisotopic (exact) mass is 489 g/mol. The fourth-order valence-electron chi connectivity index (χ4n) is 5.48. The van der Waals surface area contributed by atoms with Gasteiger partial charge in [-0.15, -0.1) is 0 Å². The van der Waals surface area contributed by atoms with E-state index < -0.39 is 5.79 Å². The van der Waals surface area contributed by atoms with E-state index >= 15 is 0 Å². The number of morpholine rings is 1. The first-order valence-electron chi connectivity index (χ1n) is 13.1. The minimum absolute atomic E-state index is 0.00728. The molecule has 3 atom stereocenters. The molecule has 4 saturated heterocycles. The molecule has 0 bridgehead atoms. The fraction of sp³-hybridized carbons (Fsp3) is 0.731. The van der Waals surface area contributed by atoms with Gasteiger partial charge in [0.05, 0.1) is 38.6 Å². The Balaban J connectivity index is 1.30. The lowest BCUT2D eigenvalue weighted by molar-refractivity contribution is -0.350. The Labute approximate surface area is 208 Å². The summed E-state index contributed by atoms with van der Waals surface area (Å²) in [6.07, 6.45) is 1.76. The molecule has 9 heteroatoms. The van der Waals surface area contributed by atoms with Gasteiger partial charge in [-0.1, -0.05) is 18.2 Å². The number of amides is 1. The van der Waals surface area contributed by atoms with Crippen molar-refractivity contribution in [2.45, 2.75) is 30.8 Å². The summed E-state index contributed by atoms with van der Waals surface area (Å²) in [5, 5.41) is 0. The standard InChI is InChI=1S/C26H39N3O6/c30-25(22-6-2-1-3-7-22)29-18-23(16-27-8-4-12-31-14-10-27)34-26(20-29)21-33-19-24(35-26)17-28-9-5-13-32-15-11-28/h1-3,6-7,23-24H,4-5,8-21H2/t23-,24-,26?/m1/s1. The van der Waals surface area contributed by atoms with Gasteiger partial charge in [-0.05, 0) is 25.0 Å². The molecule has 1 unspecified atom stereocenters. The van der Waals surface area contributed by atoms with Gasteiger partial charge in [-0.25, -0.2) is 0 Å². The third-order valence-corrected chi connectivity index (χ3v) is 7.11. The summed E-state index contributed by atoms with van der Waals surface area (Å²) < 4.78 is 30.6. The zero-order chi connectivity index (χ0) is 23.9. The molecule has 1 aromatic carbocycles. The van der Waals surface area contributed by atoms with Crippen LogP contribution in [0, 0.1) is 0 Å². The van der Waals surface area contributed by atoms with Gasteiger partial charge in [-0.3, -0.25) is 14.6 Å². The van der Waals surface area contributed by atoms with Crippen molar-refractivity contribution in [2.24, 2.45) is 0 Å². The van der Waals surface area contributed by atoms with Crippen molar-refractivity contribution in [1.82, 2.24) is 14.7 Å². The van der Waals surface area contributed by atoms with Gasteiger partial charge in [0.25, 0.3) is 5.91 Å². The largest absolute Gasteiger partial charge is 0.380 e. The molecule has 1 spiro atoms. The maximum absolute atomic E-state index is 13.5. The highest BCUT2D eigenvalue weighted by atomic mass is 16.7. The summed E-state index contributed by atoms with van der Waals surface area (Å²) in [5.41, 5.74) is 0.685. The second-order valence-electron chi connectivity index (χ2n) is 9.99. The van der Waals surface area contributed by atoms with Gasteiger partial charge in [0.15, 0.2) is 0 Å². The number of benzene rings is 1. The second kappa shape index (κ2) is 12.1. The molecule has 0 radical (unpaired) electrons. The average molecular weight is 490 g/mol. The zero-order valence-corrected chi connectivity index (χ0v) is 20.6. The van der Waals surface area contributed by atoms with Crippen LogP contribution in [-0.2, 0) is 23.7 Å². The van der Waals surface area contributed by atoms with Crippen LogP contribution in [0.25, 0.3) is 0 Å². The van der Waals surface area contributed by atoms with Crippen LogP contribution >= 0.6 is 0 Å². The summed E-state index contributed by atoms with van der Waals surface area (Å²) in [6.45, 7) is 10.1. The third-order valence-electron chi connectivity index (χ3n) is 7.11. The van der Waals surface area contributed by atoms with Crippen LogP contribution in [0.2, 0.25) is 0 Å². The fourth-order valence-corrected chi connectivity index (χ4v) is 5.48. The molecule has 4 fully saturated rings. The van der Waals surface area contributed by atoms with Gasteiger partial charge >= 0.3 is 0 Å². The van der Waals surface area contributed by atoms with Crippen LogP contribution in [0.15, 0.2) is 30.3 Å². The van der Waals surface area contributed by atoms with Crippen LogP contribution in [0.4, 0.5) is 0 Å². The predicted octanol–water partition coefficient (Wildman–Crippen LogP) is 1.08. The summed E-state index contributed by atoms with van der Waals surface area (Å²) >= 11 is 0. The first-order valence-corrected chi connectivity index (χ1v) is 13.1. The number of carbonyl (C=O) groups is 1. The van der Waals surface area contributed by atoms with E-state index in [1.54, 1.807) is 0 Å². The molecule has 1 amide bonds. The van der Waals surface area contributed by atoms with Crippen molar-refractivity contribution in [3.05, 3.63) is 35.9 Å². The molecule has 9 nitrogen and oxygen atoms in total. The molecular formula is C26H39N3O6. The van der Waals surface area contributed by atoms with Crippen molar-refractivity contribution >= 4 is 5.91 Å². The molecule has 194 valence electrons. The maximum Gasteiger partial charge on any atom is 0.254 e. The third kappa shape index (κ3) is 6.80.